The van der Waals surface area contributed by atoms with Crippen LogP contribution in [0.15, 0.2) is 82.7 Å². The van der Waals surface area contributed by atoms with Crippen molar-refractivity contribution >= 4 is 23.3 Å². The van der Waals surface area contributed by atoms with E-state index in [1.165, 1.54) is 4.57 Å². The third-order valence-electron chi connectivity index (χ3n) is 6.54. The summed E-state index contributed by atoms with van der Waals surface area (Å²) >= 11 is 6.07. The molecule has 1 aliphatic heterocycles. The summed E-state index contributed by atoms with van der Waals surface area (Å²) in [6, 6.07) is 24.1. The number of hydrazone groups is 1. The summed E-state index contributed by atoms with van der Waals surface area (Å²) in [6.07, 6.45) is 0.574. The quantitative estimate of drug-likeness (QED) is 0.337. The fourth-order valence-corrected chi connectivity index (χ4v) is 4.58. The summed E-state index contributed by atoms with van der Waals surface area (Å²) in [5.41, 5.74) is 3.14. The number of methoxy groups -OCH3 is 2. The molecular weight excluding hydrogens is 502 g/mol. The van der Waals surface area contributed by atoms with Crippen molar-refractivity contribution < 1.29 is 9.47 Å². The lowest BCUT2D eigenvalue weighted by Gasteiger charge is -2.25. The van der Waals surface area contributed by atoms with Crippen LogP contribution in [0, 0.1) is 11.3 Å². The van der Waals surface area contributed by atoms with Gasteiger partial charge in [0.15, 0.2) is 0 Å². The highest BCUT2D eigenvalue weighted by molar-refractivity contribution is 6.30. The molecule has 1 atom stereocenters. The maximum absolute atomic E-state index is 13.4. The van der Waals surface area contributed by atoms with E-state index in [4.69, 9.17) is 31.2 Å². The molecule has 0 bridgehead atoms. The van der Waals surface area contributed by atoms with Crippen LogP contribution in [-0.2, 0) is 7.05 Å². The van der Waals surface area contributed by atoms with Crippen LogP contribution in [0.25, 0.3) is 11.3 Å². The lowest BCUT2D eigenvalue weighted by Crippen LogP contribution is -2.31. The Bertz CT molecular complexity index is 1610. The van der Waals surface area contributed by atoms with E-state index in [1.54, 1.807) is 50.5 Å². The Kier molecular flexibility index (Phi) is 6.86. The first-order valence-electron chi connectivity index (χ1n) is 11.9. The van der Waals surface area contributed by atoms with Crippen LogP contribution in [0.1, 0.15) is 29.2 Å². The Morgan fingerprint density at radius 3 is 2.08 bits per heavy atom. The summed E-state index contributed by atoms with van der Waals surface area (Å²) in [7, 11) is 4.85. The van der Waals surface area contributed by atoms with Gasteiger partial charge in [-0.15, -0.1) is 0 Å². The molecule has 0 radical (unpaired) electrons. The van der Waals surface area contributed by atoms with Crippen molar-refractivity contribution in [1.82, 2.24) is 9.55 Å². The number of hydrogen-bond donors (Lipinski definition) is 0. The predicted molar refractivity (Wildman–Crippen MR) is 147 cm³/mol. The van der Waals surface area contributed by atoms with Gasteiger partial charge in [-0.3, -0.25) is 9.36 Å². The lowest BCUT2D eigenvalue weighted by molar-refractivity contribution is 0.414. The molecule has 9 heteroatoms. The minimum atomic E-state index is -0.455. The predicted octanol–water partition coefficient (Wildman–Crippen LogP) is 5.35. The number of nitriles is 1. The number of ether oxygens (including phenoxy) is 2. The van der Waals surface area contributed by atoms with Crippen molar-refractivity contribution in [2.45, 2.75) is 12.5 Å². The number of aromatic nitrogens is 2. The van der Waals surface area contributed by atoms with Crippen molar-refractivity contribution in [3.8, 4) is 28.8 Å². The second-order valence-electron chi connectivity index (χ2n) is 8.73. The average Bonchev–Trinajstić information content (AvgIpc) is 3.40. The van der Waals surface area contributed by atoms with Crippen molar-refractivity contribution in [1.29, 1.82) is 5.26 Å². The summed E-state index contributed by atoms with van der Waals surface area (Å²) in [5.74, 6) is 1.81. The van der Waals surface area contributed by atoms with Gasteiger partial charge in [0.05, 0.1) is 31.7 Å². The highest BCUT2D eigenvalue weighted by atomic mass is 35.5. The first-order chi connectivity index (χ1) is 18.4. The first kappa shape index (κ1) is 25.1. The van der Waals surface area contributed by atoms with Crippen molar-refractivity contribution in [3.05, 3.63) is 105 Å². The number of halogens is 1. The summed E-state index contributed by atoms with van der Waals surface area (Å²) < 4.78 is 12.0. The van der Waals surface area contributed by atoms with Crippen LogP contribution < -0.4 is 20.0 Å². The molecule has 1 unspecified atom stereocenters. The maximum Gasteiger partial charge on any atom is 0.273 e. The molecule has 1 aliphatic rings. The number of rotatable bonds is 6. The molecule has 0 saturated heterocycles. The topological polar surface area (TPSA) is 92.7 Å². The Hall–Kier alpha value is -4.61. The van der Waals surface area contributed by atoms with E-state index in [1.807, 2.05) is 54.6 Å². The largest absolute Gasteiger partial charge is 0.497 e. The Labute approximate surface area is 225 Å². The molecule has 4 aromatic rings. The van der Waals surface area contributed by atoms with Crippen LogP contribution in [-0.4, -0.2) is 29.5 Å². The molecule has 5 rings (SSSR count). The van der Waals surface area contributed by atoms with E-state index >= 15 is 0 Å². The van der Waals surface area contributed by atoms with Crippen molar-refractivity contribution in [3.63, 3.8) is 0 Å². The Morgan fingerprint density at radius 1 is 0.921 bits per heavy atom. The van der Waals surface area contributed by atoms with E-state index < -0.39 is 5.56 Å². The summed E-state index contributed by atoms with van der Waals surface area (Å²) in [5, 5.41) is 17.1. The first-order valence-corrected chi connectivity index (χ1v) is 12.2. The number of hydrogen-bond acceptors (Lipinski definition) is 7. The van der Waals surface area contributed by atoms with E-state index in [9.17, 15) is 10.1 Å². The van der Waals surface area contributed by atoms with Gasteiger partial charge in [-0.25, -0.2) is 9.99 Å². The molecule has 3 aromatic carbocycles. The van der Waals surface area contributed by atoms with E-state index in [2.05, 4.69) is 0 Å². The van der Waals surface area contributed by atoms with Crippen LogP contribution in [0.5, 0.6) is 11.5 Å². The normalized spacial score (nSPS) is 14.7. The van der Waals surface area contributed by atoms with Gasteiger partial charge in [0, 0.05) is 24.1 Å². The van der Waals surface area contributed by atoms with Gasteiger partial charge in [-0.1, -0.05) is 35.9 Å². The SMILES string of the molecule is COc1ccc(C2=NN(c3nc(-c4ccc(Cl)cc4)c(C#N)c(=O)n3C)C(c3ccc(OC)cc3)C2)cc1. The molecule has 1 aromatic heterocycles. The molecule has 190 valence electrons. The van der Waals surface area contributed by atoms with Gasteiger partial charge in [0.2, 0.25) is 5.95 Å². The van der Waals surface area contributed by atoms with Gasteiger partial charge in [-0.05, 0) is 59.7 Å². The minimum absolute atomic E-state index is 0.0434. The highest BCUT2D eigenvalue weighted by Gasteiger charge is 2.33. The average molecular weight is 526 g/mol. The number of nitrogens with zero attached hydrogens (tertiary/aromatic N) is 5. The van der Waals surface area contributed by atoms with Gasteiger partial charge in [0.25, 0.3) is 5.56 Å². The molecule has 38 heavy (non-hydrogen) atoms. The molecule has 0 aliphatic carbocycles. The molecular formula is C29H24ClN5O3. The Balaban J connectivity index is 1.67. The third kappa shape index (κ3) is 4.60. The molecule has 0 saturated carbocycles. The van der Waals surface area contributed by atoms with Crippen LogP contribution in [0.2, 0.25) is 5.02 Å². The van der Waals surface area contributed by atoms with E-state index in [0.717, 1.165) is 28.3 Å². The zero-order valence-electron chi connectivity index (χ0n) is 21.1. The molecule has 0 fully saturated rings. The van der Waals surface area contributed by atoms with Gasteiger partial charge in [0.1, 0.15) is 23.1 Å². The molecule has 0 N–H and O–H groups in total. The number of benzene rings is 3. The van der Waals surface area contributed by atoms with Gasteiger partial charge in [-0.2, -0.15) is 10.4 Å². The molecule has 0 spiro atoms. The molecule has 0 amide bonds. The van der Waals surface area contributed by atoms with E-state index in [-0.39, 0.29) is 17.3 Å². The van der Waals surface area contributed by atoms with Crippen LogP contribution in [0.3, 0.4) is 0 Å². The van der Waals surface area contributed by atoms with Gasteiger partial charge >= 0.3 is 0 Å². The lowest BCUT2D eigenvalue weighted by atomic mass is 9.98. The second kappa shape index (κ2) is 10.4. The van der Waals surface area contributed by atoms with Crippen molar-refractivity contribution in [2.75, 3.05) is 19.2 Å². The smallest absolute Gasteiger partial charge is 0.273 e. The molecule has 8 nitrogen and oxygen atoms in total. The van der Waals surface area contributed by atoms with Crippen molar-refractivity contribution in [2.24, 2.45) is 12.1 Å². The monoisotopic (exact) mass is 525 g/mol. The summed E-state index contributed by atoms with van der Waals surface area (Å²) in [6.45, 7) is 0. The maximum atomic E-state index is 13.4. The molecule has 2 heterocycles. The minimum Gasteiger partial charge on any atom is -0.497 e. The summed E-state index contributed by atoms with van der Waals surface area (Å²) in [4.78, 5) is 18.2. The van der Waals surface area contributed by atoms with Crippen LogP contribution >= 0.6 is 11.6 Å². The number of anilines is 1. The second-order valence-corrected chi connectivity index (χ2v) is 9.17. The third-order valence-corrected chi connectivity index (χ3v) is 6.79. The zero-order valence-corrected chi connectivity index (χ0v) is 21.8. The van der Waals surface area contributed by atoms with E-state index in [0.29, 0.717) is 23.0 Å². The fourth-order valence-electron chi connectivity index (χ4n) is 4.45. The standard InChI is InChI=1S/C29H24ClN5O3/c1-34-28(36)24(17-31)27(20-4-10-21(30)11-5-20)32-29(34)35-26(19-8-14-23(38-3)15-9-19)16-25(33-35)18-6-12-22(37-2)13-7-18/h4-15,26H,16H2,1-3H3. The Morgan fingerprint density at radius 2 is 1.50 bits per heavy atom. The van der Waals surface area contributed by atoms with Crippen LogP contribution in [0.4, 0.5) is 5.95 Å². The zero-order chi connectivity index (χ0) is 26.8. The highest BCUT2D eigenvalue weighted by Crippen LogP contribution is 2.37. The fraction of sp³-hybridized carbons (Fsp3) is 0.172. The van der Waals surface area contributed by atoms with Gasteiger partial charge < -0.3 is 9.47 Å².